The van der Waals surface area contributed by atoms with Crippen LogP contribution in [0.4, 0.5) is 0 Å². The van der Waals surface area contributed by atoms with E-state index in [1.807, 2.05) is 0 Å². The first-order valence-corrected chi connectivity index (χ1v) is 7.46. The largest absolute Gasteiger partial charge is 1.00 e. The number of rotatable bonds is 7. The summed E-state index contributed by atoms with van der Waals surface area (Å²) in [4.78, 5) is 20.7. The number of phosphoric ester groups is 1. The van der Waals surface area contributed by atoms with Gasteiger partial charge < -0.3 is 18.9 Å². The standard InChI is InChI=1S/C8H16Cl3O4P.2K/c1-8(2,5-15-16(12,13)14)7(11)3-6(10)4-9;;/h6-7H,3-5H2,1-2H3,(H2,12,13,14);;/q;2*+1/p-2. The Kier molecular flexibility index (Phi) is 19.1. The van der Waals surface area contributed by atoms with Crippen LogP contribution in [0.25, 0.3) is 0 Å². The predicted molar refractivity (Wildman–Crippen MR) is 62.0 cm³/mol. The summed E-state index contributed by atoms with van der Waals surface area (Å²) >= 11 is 17.4. The Hall–Kier alpha value is 4.25. The van der Waals surface area contributed by atoms with Crippen molar-refractivity contribution >= 4 is 42.6 Å². The molecular formula is C8H14Cl3K2O4P. The van der Waals surface area contributed by atoms with Crippen LogP contribution in [0.2, 0.25) is 0 Å². The van der Waals surface area contributed by atoms with Crippen molar-refractivity contribution in [2.75, 3.05) is 12.5 Å². The molecule has 0 aliphatic rings. The molecule has 4 nitrogen and oxygen atoms in total. The fourth-order valence-corrected chi connectivity index (χ4v) is 2.11. The second-order valence-electron chi connectivity index (χ2n) is 4.16. The Morgan fingerprint density at radius 2 is 1.72 bits per heavy atom. The van der Waals surface area contributed by atoms with Gasteiger partial charge in [0.2, 0.25) is 0 Å². The monoisotopic (exact) mass is 388 g/mol. The van der Waals surface area contributed by atoms with Crippen LogP contribution in [0, 0.1) is 5.41 Å². The average Bonchev–Trinajstić information content (AvgIpc) is 2.13. The molecular weight excluding hydrogens is 376 g/mol. The van der Waals surface area contributed by atoms with Gasteiger partial charge in [0.1, 0.15) is 0 Å². The minimum atomic E-state index is -4.96. The molecule has 0 N–H and O–H groups in total. The van der Waals surface area contributed by atoms with Gasteiger partial charge in [0.05, 0.1) is 14.4 Å². The van der Waals surface area contributed by atoms with E-state index < -0.39 is 18.6 Å². The summed E-state index contributed by atoms with van der Waals surface area (Å²) in [5, 5.41) is -0.727. The average molecular weight is 390 g/mol. The maximum absolute atomic E-state index is 10.3. The van der Waals surface area contributed by atoms with Gasteiger partial charge >= 0.3 is 103 Å². The zero-order chi connectivity index (χ0) is 13.0. The zero-order valence-electron chi connectivity index (χ0n) is 11.0. The van der Waals surface area contributed by atoms with Crippen LogP contribution in [0.15, 0.2) is 0 Å². The van der Waals surface area contributed by atoms with E-state index in [0.29, 0.717) is 6.42 Å². The Bertz CT molecular complexity index is 265. The van der Waals surface area contributed by atoms with E-state index in [-0.39, 0.29) is 121 Å². The SMILES string of the molecule is CC(C)(COP(=O)([O-])[O-])C(Cl)CC(Cl)CCl.[K+].[K+]. The van der Waals surface area contributed by atoms with Crippen LogP contribution in [-0.4, -0.2) is 23.2 Å². The number of hydrogen-bond donors (Lipinski definition) is 0. The fraction of sp³-hybridized carbons (Fsp3) is 1.00. The van der Waals surface area contributed by atoms with Crippen molar-refractivity contribution in [2.45, 2.75) is 31.0 Å². The topological polar surface area (TPSA) is 72.4 Å². The van der Waals surface area contributed by atoms with Gasteiger partial charge in [0, 0.05) is 22.0 Å². The van der Waals surface area contributed by atoms with Gasteiger partial charge in [-0.15, -0.1) is 34.8 Å². The maximum Gasteiger partial charge on any atom is 1.00 e. The van der Waals surface area contributed by atoms with E-state index in [2.05, 4.69) is 4.52 Å². The van der Waals surface area contributed by atoms with Crippen molar-refractivity contribution in [3.63, 3.8) is 0 Å². The van der Waals surface area contributed by atoms with Gasteiger partial charge in [-0.3, -0.25) is 0 Å². The third-order valence-electron chi connectivity index (χ3n) is 2.07. The molecule has 2 atom stereocenters. The minimum absolute atomic E-state index is 0. The molecule has 0 radical (unpaired) electrons. The molecule has 0 saturated heterocycles. The molecule has 0 fully saturated rings. The van der Waals surface area contributed by atoms with E-state index >= 15 is 0 Å². The van der Waals surface area contributed by atoms with Crippen molar-refractivity contribution in [2.24, 2.45) is 5.41 Å². The molecule has 0 aromatic heterocycles. The molecule has 0 aromatic rings. The second kappa shape index (κ2) is 12.6. The van der Waals surface area contributed by atoms with Crippen molar-refractivity contribution in [3.8, 4) is 0 Å². The Morgan fingerprint density at radius 3 is 2.06 bits per heavy atom. The summed E-state index contributed by atoms with van der Waals surface area (Å²) in [7, 11) is -4.96. The number of phosphoric acid groups is 1. The normalized spacial score (nSPS) is 15.3. The molecule has 0 rings (SSSR count). The van der Waals surface area contributed by atoms with E-state index in [1.165, 1.54) is 0 Å². The molecule has 18 heavy (non-hydrogen) atoms. The third kappa shape index (κ3) is 13.9. The molecule has 0 heterocycles. The molecule has 0 aliphatic heterocycles. The first kappa shape index (κ1) is 27.1. The summed E-state index contributed by atoms with van der Waals surface area (Å²) < 4.78 is 14.6. The first-order valence-electron chi connectivity index (χ1n) is 4.59. The molecule has 0 bridgehead atoms. The van der Waals surface area contributed by atoms with Crippen LogP contribution >= 0.6 is 42.6 Å². The van der Waals surface area contributed by atoms with Crippen molar-refractivity contribution in [3.05, 3.63) is 0 Å². The maximum atomic E-state index is 10.3. The van der Waals surface area contributed by atoms with Gasteiger partial charge in [-0.25, -0.2) is 0 Å². The molecule has 0 saturated carbocycles. The Labute approximate surface area is 208 Å². The van der Waals surface area contributed by atoms with Gasteiger partial charge in [-0.2, -0.15) is 0 Å². The molecule has 0 aromatic carbocycles. The van der Waals surface area contributed by atoms with Crippen molar-refractivity contribution in [1.82, 2.24) is 0 Å². The fourth-order valence-electron chi connectivity index (χ4n) is 0.942. The van der Waals surface area contributed by atoms with Crippen LogP contribution in [0.1, 0.15) is 20.3 Å². The van der Waals surface area contributed by atoms with Gasteiger partial charge in [-0.05, 0) is 6.42 Å². The summed E-state index contributed by atoms with van der Waals surface area (Å²) in [5.74, 6) is 0.253. The minimum Gasteiger partial charge on any atom is -0.790 e. The number of halogens is 3. The second-order valence-corrected chi connectivity index (χ2v) is 6.77. The quantitative estimate of drug-likeness (QED) is 0.251. The number of alkyl halides is 3. The zero-order valence-corrected chi connectivity index (χ0v) is 20.4. The molecule has 2 unspecified atom stereocenters. The van der Waals surface area contributed by atoms with E-state index in [9.17, 15) is 14.4 Å². The van der Waals surface area contributed by atoms with E-state index in [0.717, 1.165) is 0 Å². The van der Waals surface area contributed by atoms with Crippen molar-refractivity contribution < 1.29 is 122 Å². The van der Waals surface area contributed by atoms with Crippen LogP contribution < -0.4 is 113 Å². The molecule has 0 spiro atoms. The summed E-state index contributed by atoms with van der Waals surface area (Å²) in [6.07, 6.45) is 0.408. The Morgan fingerprint density at radius 1 is 1.28 bits per heavy atom. The van der Waals surface area contributed by atoms with Gasteiger partial charge in [0.25, 0.3) is 0 Å². The summed E-state index contributed by atoms with van der Waals surface area (Å²) in [5.41, 5.74) is -0.675. The molecule has 98 valence electrons. The third-order valence-corrected chi connectivity index (χ3v) is 4.15. The van der Waals surface area contributed by atoms with Crippen LogP contribution in [-0.2, 0) is 9.09 Å². The van der Waals surface area contributed by atoms with Crippen LogP contribution in [0.5, 0.6) is 0 Å². The molecule has 0 aliphatic carbocycles. The first-order chi connectivity index (χ1) is 7.08. The summed E-state index contributed by atoms with van der Waals surface area (Å²) in [6, 6.07) is 0. The molecule has 0 amide bonds. The molecule has 10 heteroatoms. The van der Waals surface area contributed by atoms with E-state index in [1.54, 1.807) is 13.8 Å². The van der Waals surface area contributed by atoms with Crippen LogP contribution in [0.3, 0.4) is 0 Å². The van der Waals surface area contributed by atoms with Gasteiger partial charge in [-0.1, -0.05) is 13.8 Å². The Balaban J connectivity index is -0.00000112. The smallest absolute Gasteiger partial charge is 0.790 e. The summed E-state index contributed by atoms with van der Waals surface area (Å²) in [6.45, 7) is 3.12. The van der Waals surface area contributed by atoms with Crippen molar-refractivity contribution in [1.29, 1.82) is 0 Å². The number of hydrogen-bond acceptors (Lipinski definition) is 4. The van der Waals surface area contributed by atoms with Gasteiger partial charge in [0.15, 0.2) is 0 Å². The predicted octanol–water partition coefficient (Wildman–Crippen LogP) is -4.29. The van der Waals surface area contributed by atoms with E-state index in [4.69, 9.17) is 34.8 Å².